The minimum atomic E-state index is 0.0665. The van der Waals surface area contributed by atoms with Crippen LogP contribution in [0.15, 0.2) is 0 Å². The van der Waals surface area contributed by atoms with Crippen molar-refractivity contribution in [1.82, 2.24) is 0 Å². The largest absolute Gasteiger partial charge is 0.394 e. The Morgan fingerprint density at radius 3 is 1.85 bits per heavy atom. The zero-order chi connectivity index (χ0) is 14.7. The van der Waals surface area contributed by atoms with Crippen LogP contribution in [0, 0.1) is 0 Å². The molecule has 0 radical (unpaired) electrons. The summed E-state index contributed by atoms with van der Waals surface area (Å²) in [7, 11) is 1.64. The van der Waals surface area contributed by atoms with E-state index < -0.39 is 0 Å². The van der Waals surface area contributed by atoms with Crippen LogP contribution in [0.1, 0.15) is 12.8 Å². The molecule has 7 nitrogen and oxygen atoms in total. The van der Waals surface area contributed by atoms with E-state index in [1.807, 2.05) is 0 Å². The molecule has 0 aliphatic heterocycles. The molecule has 0 aromatic rings. The van der Waals surface area contributed by atoms with Gasteiger partial charge < -0.3 is 24.1 Å². The third-order valence-electron chi connectivity index (χ3n) is 2.20. The number of hydrogen-bond acceptors (Lipinski definition) is 7. The molecule has 0 aromatic heterocycles. The Bertz CT molecular complexity index is 151. The highest BCUT2D eigenvalue weighted by Gasteiger charge is 1.93. The van der Waals surface area contributed by atoms with Gasteiger partial charge in [0.2, 0.25) is 0 Å². The fourth-order valence-corrected chi connectivity index (χ4v) is 1.21. The summed E-state index contributed by atoms with van der Waals surface area (Å²) in [5.74, 6) is 0. The fraction of sp³-hybridized carbons (Fsp3) is 1.00. The summed E-state index contributed by atoms with van der Waals surface area (Å²) in [5, 5.41) is 8.49. The van der Waals surface area contributed by atoms with Gasteiger partial charge in [-0.05, 0) is 12.8 Å². The van der Waals surface area contributed by atoms with E-state index in [9.17, 15) is 0 Å². The van der Waals surface area contributed by atoms with Gasteiger partial charge in [-0.2, -0.15) is 0 Å². The van der Waals surface area contributed by atoms with Crippen molar-refractivity contribution in [2.75, 3.05) is 73.2 Å². The SMILES string of the molecule is COCCOCCOCCOOCCCCOCCO. The van der Waals surface area contributed by atoms with Crippen LogP contribution < -0.4 is 0 Å². The third-order valence-corrected chi connectivity index (χ3v) is 2.20. The molecule has 0 spiro atoms. The van der Waals surface area contributed by atoms with Gasteiger partial charge in [0.05, 0.1) is 52.9 Å². The molecular weight excluding hydrogens is 268 g/mol. The Hall–Kier alpha value is -0.280. The first-order valence-electron chi connectivity index (χ1n) is 6.99. The van der Waals surface area contributed by atoms with Crippen molar-refractivity contribution >= 4 is 0 Å². The maximum absolute atomic E-state index is 8.49. The van der Waals surface area contributed by atoms with Crippen molar-refractivity contribution in [3.05, 3.63) is 0 Å². The van der Waals surface area contributed by atoms with E-state index in [2.05, 4.69) is 0 Å². The lowest BCUT2D eigenvalue weighted by atomic mass is 10.3. The van der Waals surface area contributed by atoms with Crippen molar-refractivity contribution in [3.63, 3.8) is 0 Å². The highest BCUT2D eigenvalue weighted by molar-refractivity contribution is 4.36. The van der Waals surface area contributed by atoms with Gasteiger partial charge in [-0.3, -0.25) is 0 Å². The number of hydrogen-bond donors (Lipinski definition) is 1. The summed E-state index contributed by atoms with van der Waals surface area (Å²) < 4.78 is 20.4. The van der Waals surface area contributed by atoms with Crippen LogP contribution in [0.5, 0.6) is 0 Å². The van der Waals surface area contributed by atoms with Gasteiger partial charge in [0, 0.05) is 13.7 Å². The molecule has 0 bridgehead atoms. The number of rotatable bonds is 17. The van der Waals surface area contributed by atoms with Crippen molar-refractivity contribution in [1.29, 1.82) is 0 Å². The van der Waals surface area contributed by atoms with Crippen molar-refractivity contribution in [2.45, 2.75) is 12.8 Å². The minimum absolute atomic E-state index is 0.0665. The average molecular weight is 296 g/mol. The van der Waals surface area contributed by atoms with Crippen LogP contribution in [-0.2, 0) is 28.7 Å². The minimum Gasteiger partial charge on any atom is -0.394 e. The van der Waals surface area contributed by atoms with Gasteiger partial charge in [0.1, 0.15) is 6.61 Å². The lowest BCUT2D eigenvalue weighted by Gasteiger charge is -2.06. The molecule has 0 aromatic carbocycles. The van der Waals surface area contributed by atoms with Gasteiger partial charge in [0.25, 0.3) is 0 Å². The lowest BCUT2D eigenvalue weighted by Crippen LogP contribution is -2.11. The number of unbranched alkanes of at least 4 members (excludes halogenated alkanes) is 1. The third kappa shape index (κ3) is 17.7. The maximum Gasteiger partial charge on any atom is 0.106 e. The molecule has 0 amide bonds. The van der Waals surface area contributed by atoms with Crippen LogP contribution >= 0.6 is 0 Å². The molecule has 0 saturated carbocycles. The first kappa shape index (κ1) is 19.7. The summed E-state index contributed by atoms with van der Waals surface area (Å²) in [6.07, 6.45) is 1.75. The predicted molar refractivity (Wildman–Crippen MR) is 72.6 cm³/mol. The second kappa shape index (κ2) is 18.7. The summed E-state index contributed by atoms with van der Waals surface area (Å²) in [5.41, 5.74) is 0. The van der Waals surface area contributed by atoms with Crippen molar-refractivity contribution in [2.24, 2.45) is 0 Å². The molecule has 0 unspecified atom stereocenters. The zero-order valence-corrected chi connectivity index (χ0v) is 12.4. The first-order chi connectivity index (χ1) is 9.91. The van der Waals surface area contributed by atoms with Gasteiger partial charge in [-0.15, -0.1) is 0 Å². The standard InChI is InChI=1S/C13H28O7/c1-15-8-9-17-10-11-18-12-13-20-19-6-3-2-5-16-7-4-14/h14H,2-13H2,1H3. The second-order valence-electron chi connectivity index (χ2n) is 3.90. The van der Waals surface area contributed by atoms with Crippen LogP contribution in [0.2, 0.25) is 0 Å². The highest BCUT2D eigenvalue weighted by Crippen LogP contribution is 1.92. The normalized spacial score (nSPS) is 11.1. The molecule has 0 aliphatic carbocycles. The molecule has 0 aliphatic rings. The zero-order valence-electron chi connectivity index (χ0n) is 12.4. The van der Waals surface area contributed by atoms with Crippen LogP contribution in [0.4, 0.5) is 0 Å². The van der Waals surface area contributed by atoms with E-state index >= 15 is 0 Å². The van der Waals surface area contributed by atoms with Crippen LogP contribution in [-0.4, -0.2) is 78.3 Å². The fourth-order valence-electron chi connectivity index (χ4n) is 1.21. The van der Waals surface area contributed by atoms with Crippen LogP contribution in [0.3, 0.4) is 0 Å². The average Bonchev–Trinajstić information content (AvgIpc) is 2.47. The van der Waals surface area contributed by atoms with Crippen molar-refractivity contribution < 1.29 is 33.8 Å². The summed E-state index contributed by atoms with van der Waals surface area (Å²) in [4.78, 5) is 9.91. The molecular formula is C13H28O7. The molecule has 0 atom stereocenters. The van der Waals surface area contributed by atoms with E-state index in [4.69, 9.17) is 33.8 Å². The van der Waals surface area contributed by atoms with E-state index in [0.717, 1.165) is 12.8 Å². The Kier molecular flexibility index (Phi) is 18.5. The van der Waals surface area contributed by atoms with E-state index in [0.29, 0.717) is 59.5 Å². The lowest BCUT2D eigenvalue weighted by molar-refractivity contribution is -0.299. The highest BCUT2D eigenvalue weighted by atomic mass is 17.2. The number of ether oxygens (including phenoxy) is 4. The Balaban J connectivity index is 2.89. The van der Waals surface area contributed by atoms with E-state index in [-0.39, 0.29) is 6.61 Å². The molecule has 0 saturated heterocycles. The summed E-state index contributed by atoms with van der Waals surface area (Å²) >= 11 is 0. The smallest absolute Gasteiger partial charge is 0.106 e. The van der Waals surface area contributed by atoms with E-state index in [1.165, 1.54) is 0 Å². The second-order valence-corrected chi connectivity index (χ2v) is 3.90. The van der Waals surface area contributed by atoms with Gasteiger partial charge >= 0.3 is 0 Å². The number of aliphatic hydroxyl groups excluding tert-OH is 1. The molecule has 0 rings (SSSR count). The molecule has 0 heterocycles. The topological polar surface area (TPSA) is 75.6 Å². The molecule has 20 heavy (non-hydrogen) atoms. The molecule has 1 N–H and O–H groups in total. The molecule has 7 heteroatoms. The number of methoxy groups -OCH3 is 1. The maximum atomic E-state index is 8.49. The number of aliphatic hydroxyl groups is 1. The Morgan fingerprint density at radius 2 is 1.15 bits per heavy atom. The Labute approximate surface area is 121 Å². The predicted octanol–water partition coefficient (Wildman–Crippen LogP) is 0.403. The van der Waals surface area contributed by atoms with E-state index in [1.54, 1.807) is 7.11 Å². The molecule has 122 valence electrons. The van der Waals surface area contributed by atoms with Gasteiger partial charge in [0.15, 0.2) is 0 Å². The molecule has 0 fully saturated rings. The van der Waals surface area contributed by atoms with Crippen molar-refractivity contribution in [3.8, 4) is 0 Å². The quantitative estimate of drug-likeness (QED) is 0.236. The summed E-state index contributed by atoms with van der Waals surface area (Å²) in [6.45, 7) is 4.78. The summed E-state index contributed by atoms with van der Waals surface area (Å²) in [6, 6.07) is 0. The monoisotopic (exact) mass is 296 g/mol. The Morgan fingerprint density at radius 1 is 0.600 bits per heavy atom. The van der Waals surface area contributed by atoms with Crippen LogP contribution in [0.25, 0.3) is 0 Å². The van der Waals surface area contributed by atoms with Gasteiger partial charge in [-0.25, -0.2) is 9.78 Å². The first-order valence-corrected chi connectivity index (χ1v) is 6.99. The van der Waals surface area contributed by atoms with Gasteiger partial charge in [-0.1, -0.05) is 0 Å².